The summed E-state index contributed by atoms with van der Waals surface area (Å²) >= 11 is 3.40. The first-order valence-corrected chi connectivity index (χ1v) is 7.29. The molecule has 3 rings (SSSR count). The number of anilines is 1. The van der Waals surface area contributed by atoms with Crippen LogP contribution in [0.25, 0.3) is 5.69 Å². The molecule has 6 nitrogen and oxygen atoms in total. The average molecular weight is 362 g/mol. The third-order valence-electron chi connectivity index (χ3n) is 3.63. The first-order chi connectivity index (χ1) is 10.3. The molecule has 0 radical (unpaired) electrons. The highest BCUT2D eigenvalue weighted by molar-refractivity contribution is 9.10. The molecule has 1 aliphatic heterocycles. The van der Waals surface area contributed by atoms with Gasteiger partial charge in [-0.2, -0.15) is 0 Å². The number of fused-ring (bicyclic) bond motifs is 1. The molecule has 1 aliphatic rings. The van der Waals surface area contributed by atoms with E-state index < -0.39 is 17.4 Å². The molecular weight excluding hydrogens is 350 g/mol. The van der Waals surface area contributed by atoms with E-state index in [0.29, 0.717) is 5.69 Å². The first kappa shape index (κ1) is 14.5. The molecule has 0 unspecified atom stereocenters. The molecule has 0 saturated heterocycles. The number of halogens is 1. The maximum atomic E-state index is 12.4. The number of rotatable bonds is 1. The van der Waals surface area contributed by atoms with E-state index in [1.54, 1.807) is 0 Å². The number of aromatic nitrogens is 1. The lowest BCUT2D eigenvalue weighted by Crippen LogP contribution is -2.25. The fraction of sp³-hybridized carbons (Fsp3) is 0.133. The number of nitrogens with two attached hydrogens (primary N) is 1. The molecule has 2 aromatic rings. The van der Waals surface area contributed by atoms with Crippen molar-refractivity contribution in [2.45, 2.75) is 13.8 Å². The fourth-order valence-electron chi connectivity index (χ4n) is 2.77. The highest BCUT2D eigenvalue weighted by Crippen LogP contribution is 2.28. The van der Waals surface area contributed by atoms with Crippen LogP contribution in [0, 0.1) is 13.8 Å². The van der Waals surface area contributed by atoms with E-state index in [2.05, 4.69) is 21.2 Å². The van der Waals surface area contributed by atoms with Crippen LogP contribution in [0.3, 0.4) is 0 Å². The Balaban J connectivity index is 2.40. The van der Waals surface area contributed by atoms with Crippen LogP contribution >= 0.6 is 15.9 Å². The molecular formula is C15H12BrN3O3. The van der Waals surface area contributed by atoms with E-state index in [1.807, 2.05) is 26.0 Å². The Morgan fingerprint density at radius 1 is 1.05 bits per heavy atom. The van der Waals surface area contributed by atoms with E-state index in [-0.39, 0.29) is 16.9 Å². The standard InChI is InChI=1S/C15H12BrN3O3/c1-6-3-8(16)4-7(2)12(6)19-10(20)5-9-11(13(19)17)15(22)18-14(9)21/h3-5H,17H2,1-2H3,(H,18,21,22). The van der Waals surface area contributed by atoms with Crippen molar-refractivity contribution < 1.29 is 9.59 Å². The number of carbonyl (C=O) groups is 2. The zero-order chi connectivity index (χ0) is 16.2. The predicted molar refractivity (Wildman–Crippen MR) is 85.4 cm³/mol. The minimum Gasteiger partial charge on any atom is -0.384 e. The summed E-state index contributed by atoms with van der Waals surface area (Å²) in [6.45, 7) is 3.69. The van der Waals surface area contributed by atoms with Gasteiger partial charge in [0.25, 0.3) is 17.4 Å². The zero-order valence-corrected chi connectivity index (χ0v) is 13.4. The Labute approximate surface area is 134 Å². The second-order valence-electron chi connectivity index (χ2n) is 5.16. The minimum absolute atomic E-state index is 0.0242. The van der Waals surface area contributed by atoms with E-state index in [0.717, 1.165) is 21.7 Å². The lowest BCUT2D eigenvalue weighted by Gasteiger charge is -2.17. The van der Waals surface area contributed by atoms with Gasteiger partial charge in [-0.3, -0.25) is 24.3 Å². The molecule has 7 heteroatoms. The number of nitrogen functional groups attached to an aromatic ring is 1. The number of imide groups is 1. The first-order valence-electron chi connectivity index (χ1n) is 6.49. The molecule has 1 aromatic carbocycles. The third kappa shape index (κ3) is 1.97. The number of nitrogens with zero attached hydrogens (tertiary/aromatic N) is 1. The number of nitrogens with one attached hydrogen (secondary N) is 1. The molecule has 2 heterocycles. The lowest BCUT2D eigenvalue weighted by atomic mass is 10.1. The SMILES string of the molecule is Cc1cc(Br)cc(C)c1-n1c(N)c2c(cc1=O)C(=O)NC2=O. The molecule has 1 aromatic heterocycles. The van der Waals surface area contributed by atoms with E-state index in [4.69, 9.17) is 5.73 Å². The second-order valence-corrected chi connectivity index (χ2v) is 6.08. The van der Waals surface area contributed by atoms with Gasteiger partial charge in [-0.1, -0.05) is 15.9 Å². The largest absolute Gasteiger partial charge is 0.384 e. The van der Waals surface area contributed by atoms with Gasteiger partial charge in [-0.15, -0.1) is 0 Å². The molecule has 3 N–H and O–H groups in total. The van der Waals surface area contributed by atoms with Crippen molar-refractivity contribution in [2.75, 3.05) is 5.73 Å². The normalized spacial score (nSPS) is 13.2. The van der Waals surface area contributed by atoms with Gasteiger partial charge in [0.15, 0.2) is 0 Å². The van der Waals surface area contributed by atoms with Crippen LogP contribution in [0.5, 0.6) is 0 Å². The van der Waals surface area contributed by atoms with Crippen molar-refractivity contribution in [2.24, 2.45) is 0 Å². The summed E-state index contributed by atoms with van der Waals surface area (Å²) in [6.07, 6.45) is 0. The highest BCUT2D eigenvalue weighted by Gasteiger charge is 2.32. The second kappa shape index (κ2) is 4.81. The van der Waals surface area contributed by atoms with Gasteiger partial charge in [-0.25, -0.2) is 0 Å². The number of hydrogen-bond donors (Lipinski definition) is 2. The van der Waals surface area contributed by atoms with Crippen LogP contribution < -0.4 is 16.6 Å². The van der Waals surface area contributed by atoms with Gasteiger partial charge >= 0.3 is 0 Å². The van der Waals surface area contributed by atoms with Crippen LogP contribution in [0.4, 0.5) is 5.82 Å². The Bertz CT molecular complexity index is 892. The zero-order valence-electron chi connectivity index (χ0n) is 11.9. The molecule has 0 saturated carbocycles. The molecule has 0 aliphatic carbocycles. The Kier molecular flexibility index (Phi) is 3.17. The number of aryl methyl sites for hydroxylation is 2. The molecule has 112 valence electrons. The Hall–Kier alpha value is -2.41. The summed E-state index contributed by atoms with van der Waals surface area (Å²) in [6, 6.07) is 4.85. The summed E-state index contributed by atoms with van der Waals surface area (Å²) < 4.78 is 2.15. The van der Waals surface area contributed by atoms with Gasteiger partial charge in [0, 0.05) is 10.5 Å². The van der Waals surface area contributed by atoms with Gasteiger partial charge in [0.05, 0.1) is 16.8 Å². The van der Waals surface area contributed by atoms with E-state index in [9.17, 15) is 14.4 Å². The summed E-state index contributed by atoms with van der Waals surface area (Å²) in [4.78, 5) is 36.0. The summed E-state index contributed by atoms with van der Waals surface area (Å²) in [5, 5.41) is 2.15. The monoisotopic (exact) mass is 361 g/mol. The lowest BCUT2D eigenvalue weighted by molar-refractivity contribution is 0.0880. The van der Waals surface area contributed by atoms with Gasteiger partial charge in [0.1, 0.15) is 5.82 Å². The Morgan fingerprint density at radius 3 is 2.23 bits per heavy atom. The molecule has 0 fully saturated rings. The molecule has 0 spiro atoms. The third-order valence-corrected chi connectivity index (χ3v) is 4.09. The highest BCUT2D eigenvalue weighted by atomic mass is 79.9. The van der Waals surface area contributed by atoms with Crippen LogP contribution in [0.1, 0.15) is 31.8 Å². The predicted octanol–water partition coefficient (Wildman–Crippen LogP) is 1.68. The van der Waals surface area contributed by atoms with Crippen molar-refractivity contribution in [1.29, 1.82) is 0 Å². The van der Waals surface area contributed by atoms with Crippen LogP contribution in [0.15, 0.2) is 27.5 Å². The molecule has 0 atom stereocenters. The number of hydrogen-bond acceptors (Lipinski definition) is 4. The van der Waals surface area contributed by atoms with Crippen molar-refractivity contribution in [3.8, 4) is 5.69 Å². The number of amides is 2. The summed E-state index contributed by atoms with van der Waals surface area (Å²) in [5.74, 6) is -1.21. The molecule has 0 bridgehead atoms. The van der Waals surface area contributed by atoms with Crippen molar-refractivity contribution >= 4 is 33.6 Å². The minimum atomic E-state index is -0.597. The van der Waals surface area contributed by atoms with Crippen LogP contribution in [-0.2, 0) is 0 Å². The van der Waals surface area contributed by atoms with Crippen LogP contribution in [0.2, 0.25) is 0 Å². The van der Waals surface area contributed by atoms with Gasteiger partial charge < -0.3 is 5.73 Å². The summed E-state index contributed by atoms with van der Waals surface area (Å²) in [7, 11) is 0. The quantitative estimate of drug-likeness (QED) is 0.755. The Morgan fingerprint density at radius 2 is 1.64 bits per heavy atom. The topological polar surface area (TPSA) is 94.2 Å². The summed E-state index contributed by atoms with van der Waals surface area (Å²) in [5.41, 5.74) is 7.92. The van der Waals surface area contributed by atoms with E-state index in [1.165, 1.54) is 4.57 Å². The van der Waals surface area contributed by atoms with Crippen LogP contribution in [-0.4, -0.2) is 16.4 Å². The van der Waals surface area contributed by atoms with Crippen molar-refractivity contribution in [1.82, 2.24) is 9.88 Å². The van der Waals surface area contributed by atoms with Gasteiger partial charge in [0.2, 0.25) is 0 Å². The smallest absolute Gasteiger partial charge is 0.262 e. The molecule has 22 heavy (non-hydrogen) atoms. The van der Waals surface area contributed by atoms with Crippen molar-refractivity contribution in [3.05, 3.63) is 55.3 Å². The number of carbonyl (C=O) groups excluding carboxylic acids is 2. The number of benzene rings is 1. The van der Waals surface area contributed by atoms with Crippen molar-refractivity contribution in [3.63, 3.8) is 0 Å². The molecule has 2 amide bonds. The maximum Gasteiger partial charge on any atom is 0.262 e. The van der Waals surface area contributed by atoms with Gasteiger partial charge in [-0.05, 0) is 37.1 Å². The maximum absolute atomic E-state index is 12.4. The fourth-order valence-corrected chi connectivity index (χ4v) is 3.45. The number of pyridine rings is 1. The average Bonchev–Trinajstić information content (AvgIpc) is 2.67. The van der Waals surface area contributed by atoms with E-state index >= 15 is 0 Å².